The first kappa shape index (κ1) is 24.8. The molecule has 0 saturated heterocycles. The predicted molar refractivity (Wildman–Crippen MR) is 113 cm³/mol. The van der Waals surface area contributed by atoms with Gasteiger partial charge in [-0.3, -0.25) is 0 Å². The van der Waals surface area contributed by atoms with Gasteiger partial charge in [-0.15, -0.1) is 0 Å². The maximum Gasteiger partial charge on any atom is 0.416 e. The molecule has 0 saturated carbocycles. The highest BCUT2D eigenvalue weighted by Crippen LogP contribution is 2.40. The van der Waals surface area contributed by atoms with Crippen LogP contribution in [0.25, 0.3) is 0 Å². The fraction of sp³-hybridized carbons (Fsp3) is 0.409. The van der Waals surface area contributed by atoms with Gasteiger partial charge < -0.3 is 14.6 Å². The van der Waals surface area contributed by atoms with Crippen molar-refractivity contribution in [3.8, 4) is 11.5 Å². The largest absolute Gasteiger partial charge is 0.497 e. The summed E-state index contributed by atoms with van der Waals surface area (Å²) in [5.74, 6) is -1.01. The number of nitrogens with zero attached hydrogens (tertiary/aromatic N) is 1. The van der Waals surface area contributed by atoms with Gasteiger partial charge in [0.1, 0.15) is 11.5 Å². The molecule has 3 rings (SSSR count). The molecule has 1 aliphatic carbocycles. The number of carboxylic acid groups (broad SMARTS) is 1. The third-order valence-electron chi connectivity index (χ3n) is 5.59. The molecule has 0 heterocycles. The van der Waals surface area contributed by atoms with E-state index in [1.165, 1.54) is 7.05 Å². The van der Waals surface area contributed by atoms with Gasteiger partial charge in [-0.1, -0.05) is 18.6 Å². The van der Waals surface area contributed by atoms with Crippen LogP contribution in [0.5, 0.6) is 11.5 Å². The summed E-state index contributed by atoms with van der Waals surface area (Å²) in [5, 5.41) is 8.93. The molecule has 1 atom stereocenters. The van der Waals surface area contributed by atoms with Gasteiger partial charge >= 0.3 is 12.1 Å². The average molecular weight is 487 g/mol. The van der Waals surface area contributed by atoms with Gasteiger partial charge in [0.15, 0.2) is 6.61 Å². The zero-order valence-corrected chi connectivity index (χ0v) is 18.9. The van der Waals surface area contributed by atoms with Crippen LogP contribution in [-0.2, 0) is 27.4 Å². The summed E-state index contributed by atoms with van der Waals surface area (Å²) < 4.78 is 78.1. The van der Waals surface area contributed by atoms with Crippen molar-refractivity contribution in [1.82, 2.24) is 4.31 Å². The molecule has 0 fully saturated rings. The van der Waals surface area contributed by atoms with E-state index in [2.05, 4.69) is 0 Å². The number of methoxy groups -OCH3 is 1. The molecular weight excluding hydrogens is 463 g/mol. The topological polar surface area (TPSA) is 93.1 Å². The Morgan fingerprint density at radius 1 is 1.21 bits per heavy atom. The van der Waals surface area contributed by atoms with Crippen molar-refractivity contribution < 1.29 is 41.0 Å². The van der Waals surface area contributed by atoms with Crippen LogP contribution in [0.1, 0.15) is 42.0 Å². The summed E-state index contributed by atoms with van der Waals surface area (Å²) in [6.07, 6.45) is -2.34. The van der Waals surface area contributed by atoms with Gasteiger partial charge in [0, 0.05) is 13.1 Å². The molecule has 7 nitrogen and oxygen atoms in total. The van der Waals surface area contributed by atoms with Gasteiger partial charge in [-0.2, -0.15) is 17.5 Å². The van der Waals surface area contributed by atoms with Crippen LogP contribution < -0.4 is 9.47 Å². The second-order valence-corrected chi connectivity index (χ2v) is 9.68. The molecule has 0 radical (unpaired) electrons. The van der Waals surface area contributed by atoms with E-state index in [9.17, 15) is 26.4 Å². The minimum absolute atomic E-state index is 0.220. The summed E-state index contributed by atoms with van der Waals surface area (Å²) in [6, 6.07) is 6.73. The van der Waals surface area contributed by atoms with Gasteiger partial charge in [0.2, 0.25) is 10.0 Å². The lowest BCUT2D eigenvalue weighted by molar-refractivity contribution is -0.139. The molecule has 0 bridgehead atoms. The first-order valence-electron chi connectivity index (χ1n) is 10.2. The van der Waals surface area contributed by atoms with Crippen LogP contribution >= 0.6 is 0 Å². The highest BCUT2D eigenvalue weighted by atomic mass is 32.2. The highest BCUT2D eigenvalue weighted by Gasteiger charge is 2.36. The Bertz CT molecular complexity index is 1130. The number of sulfonamides is 1. The second kappa shape index (κ2) is 9.60. The van der Waals surface area contributed by atoms with Crippen molar-refractivity contribution in [2.75, 3.05) is 20.8 Å². The number of fused-ring (bicyclic) bond motifs is 1. The molecule has 0 amide bonds. The van der Waals surface area contributed by atoms with Gasteiger partial charge in [0.05, 0.1) is 23.6 Å². The fourth-order valence-corrected chi connectivity index (χ4v) is 5.37. The minimum atomic E-state index is -4.75. The summed E-state index contributed by atoms with van der Waals surface area (Å²) in [6.45, 7) is -0.542. The maximum atomic E-state index is 13.4. The van der Waals surface area contributed by atoms with E-state index in [4.69, 9.17) is 14.6 Å². The minimum Gasteiger partial charge on any atom is -0.497 e. The van der Waals surface area contributed by atoms with E-state index >= 15 is 0 Å². The Labute approximate surface area is 189 Å². The molecule has 33 heavy (non-hydrogen) atoms. The van der Waals surface area contributed by atoms with E-state index in [-0.39, 0.29) is 5.75 Å². The second-order valence-electron chi connectivity index (χ2n) is 7.68. The molecule has 1 N–H and O–H groups in total. The molecule has 0 aliphatic heterocycles. The Morgan fingerprint density at radius 2 is 1.94 bits per heavy atom. The first-order valence-corrected chi connectivity index (χ1v) is 11.6. The summed E-state index contributed by atoms with van der Waals surface area (Å²) >= 11 is 0. The Hall–Kier alpha value is -2.79. The first-order chi connectivity index (χ1) is 15.4. The van der Waals surface area contributed by atoms with Crippen molar-refractivity contribution >= 4 is 16.0 Å². The van der Waals surface area contributed by atoms with Gasteiger partial charge in [0.25, 0.3) is 0 Å². The summed E-state index contributed by atoms with van der Waals surface area (Å²) in [7, 11) is -1.84. The lowest BCUT2D eigenvalue weighted by Gasteiger charge is -2.29. The zero-order valence-electron chi connectivity index (χ0n) is 18.1. The molecule has 0 spiro atoms. The van der Waals surface area contributed by atoms with Crippen molar-refractivity contribution in [3.63, 3.8) is 0 Å². The van der Waals surface area contributed by atoms with Gasteiger partial charge in [-0.25, -0.2) is 13.2 Å². The molecule has 2 aromatic rings. The van der Waals surface area contributed by atoms with Crippen LogP contribution in [0.15, 0.2) is 41.3 Å². The number of carbonyl (C=O) groups is 1. The Balaban J connectivity index is 2.04. The number of benzene rings is 2. The van der Waals surface area contributed by atoms with E-state index in [1.807, 2.05) is 0 Å². The molecule has 0 aromatic heterocycles. The van der Waals surface area contributed by atoms with Crippen LogP contribution in [0.3, 0.4) is 0 Å². The number of carboxylic acids is 1. The molecule has 1 aliphatic rings. The quantitative estimate of drug-likeness (QED) is 0.587. The standard InChI is InChI=1S/C22H24F3NO6S/c1-26(33(29,30)16-11-14(22(23,24)25)10-15(12-16)31-2)19-8-4-3-6-18-17(19)7-5-9-20(18)32-13-21(27)28/h5,7,9-12,19H,3-4,6,8,13H2,1-2H3,(H,27,28). The average Bonchev–Trinajstić information content (AvgIpc) is 2.98. The maximum absolute atomic E-state index is 13.4. The molecule has 180 valence electrons. The summed E-state index contributed by atoms with van der Waals surface area (Å²) in [4.78, 5) is 10.4. The number of hydrogen-bond acceptors (Lipinski definition) is 5. The van der Waals surface area contributed by atoms with Crippen molar-refractivity contribution in [2.24, 2.45) is 0 Å². The van der Waals surface area contributed by atoms with E-state index in [0.717, 1.165) is 30.0 Å². The normalized spacial score (nSPS) is 16.7. The lowest BCUT2D eigenvalue weighted by Crippen LogP contribution is -2.32. The number of rotatable bonds is 7. The molecular formula is C22H24F3NO6S. The fourth-order valence-electron chi connectivity index (χ4n) is 3.95. The van der Waals surface area contributed by atoms with Crippen LogP contribution in [0.4, 0.5) is 13.2 Å². The third-order valence-corrected chi connectivity index (χ3v) is 7.44. The molecule has 2 aromatic carbocycles. The smallest absolute Gasteiger partial charge is 0.416 e. The van der Waals surface area contributed by atoms with E-state index < -0.39 is 45.3 Å². The third kappa shape index (κ3) is 5.41. The predicted octanol–water partition coefficient (Wildman–Crippen LogP) is 4.27. The Morgan fingerprint density at radius 3 is 2.58 bits per heavy atom. The van der Waals surface area contributed by atoms with E-state index in [0.29, 0.717) is 42.2 Å². The number of ether oxygens (including phenoxy) is 2. The number of alkyl halides is 3. The number of aliphatic carboxylic acids is 1. The molecule has 1 unspecified atom stereocenters. The number of hydrogen-bond donors (Lipinski definition) is 1. The molecule has 11 heteroatoms. The number of halogens is 3. The monoisotopic (exact) mass is 487 g/mol. The lowest BCUT2D eigenvalue weighted by atomic mass is 9.98. The Kier molecular flexibility index (Phi) is 7.23. The zero-order chi connectivity index (χ0) is 24.4. The van der Waals surface area contributed by atoms with E-state index in [1.54, 1.807) is 18.2 Å². The van der Waals surface area contributed by atoms with Crippen molar-refractivity contribution in [1.29, 1.82) is 0 Å². The van der Waals surface area contributed by atoms with Crippen molar-refractivity contribution in [3.05, 3.63) is 53.1 Å². The van der Waals surface area contributed by atoms with Gasteiger partial charge in [-0.05, 0) is 48.6 Å². The van der Waals surface area contributed by atoms with Crippen LogP contribution in [-0.4, -0.2) is 44.6 Å². The highest BCUT2D eigenvalue weighted by molar-refractivity contribution is 7.89. The van der Waals surface area contributed by atoms with Crippen molar-refractivity contribution in [2.45, 2.75) is 42.8 Å². The summed E-state index contributed by atoms with van der Waals surface area (Å²) in [5.41, 5.74) is 0.213. The van der Waals surface area contributed by atoms with Crippen LogP contribution in [0, 0.1) is 0 Å². The SMILES string of the molecule is COc1cc(C(F)(F)F)cc(S(=O)(=O)N(C)C2CCCCc3c(OCC(=O)O)cccc32)c1. The van der Waals surface area contributed by atoms with Crippen LogP contribution in [0.2, 0.25) is 0 Å².